The molecule has 3 aromatic rings. The second kappa shape index (κ2) is 7.17. The molecule has 0 N–H and O–H groups in total. The van der Waals surface area contributed by atoms with E-state index in [4.69, 9.17) is 4.74 Å². The number of non-ortho nitro benzene ring substituents is 1. The van der Waals surface area contributed by atoms with Crippen molar-refractivity contribution in [1.29, 1.82) is 0 Å². The third kappa shape index (κ3) is 3.48. The van der Waals surface area contributed by atoms with Crippen LogP contribution in [0.3, 0.4) is 0 Å². The van der Waals surface area contributed by atoms with Gasteiger partial charge in [0.25, 0.3) is 11.6 Å². The highest BCUT2D eigenvalue weighted by atomic mass is 32.1. The lowest BCUT2D eigenvalue weighted by Crippen LogP contribution is -2.19. The van der Waals surface area contributed by atoms with Crippen molar-refractivity contribution in [3.05, 3.63) is 43.7 Å². The van der Waals surface area contributed by atoms with Crippen molar-refractivity contribution in [3.63, 3.8) is 0 Å². The van der Waals surface area contributed by atoms with Gasteiger partial charge in [0.05, 0.1) is 27.4 Å². The smallest absolute Gasteiger partial charge is 0.293 e. The summed E-state index contributed by atoms with van der Waals surface area (Å²) in [6.07, 6.45) is 0. The number of carbonyl (C=O) groups is 1. The molecule has 130 valence electrons. The zero-order valence-electron chi connectivity index (χ0n) is 13.3. The van der Waals surface area contributed by atoms with Crippen LogP contribution >= 0.6 is 22.9 Å². The molecule has 0 spiro atoms. The Bertz CT molecular complexity index is 1020. The molecule has 0 saturated carbocycles. The van der Waals surface area contributed by atoms with E-state index in [1.54, 1.807) is 20.1 Å². The number of amides is 1. The second-order valence-corrected chi connectivity index (χ2v) is 6.81. The number of thiazole rings is 1. The van der Waals surface area contributed by atoms with Crippen LogP contribution in [0.4, 0.5) is 5.69 Å². The van der Waals surface area contributed by atoms with E-state index in [1.807, 2.05) is 4.57 Å². The first-order valence-electron chi connectivity index (χ1n) is 7.16. The Morgan fingerprint density at radius 3 is 2.92 bits per heavy atom. The summed E-state index contributed by atoms with van der Waals surface area (Å²) in [6.45, 7) is 2.59. The molecule has 0 aliphatic heterocycles. The number of fused-ring (bicyclic) bond motifs is 1. The lowest BCUT2D eigenvalue weighted by molar-refractivity contribution is -0.384. The number of nitro groups is 1. The predicted octanol–water partition coefficient (Wildman–Crippen LogP) is 2.16. The zero-order chi connectivity index (χ0) is 18.0. The van der Waals surface area contributed by atoms with Gasteiger partial charge in [-0.2, -0.15) is 4.99 Å². The monoisotopic (exact) mass is 379 g/mol. The Hall–Kier alpha value is -2.50. The van der Waals surface area contributed by atoms with Crippen LogP contribution < -0.4 is 4.80 Å². The Labute approximate surface area is 149 Å². The lowest BCUT2D eigenvalue weighted by Gasteiger charge is -2.03. The summed E-state index contributed by atoms with van der Waals surface area (Å²) in [7, 11) is 1.58. The lowest BCUT2D eigenvalue weighted by atomic mass is 10.3. The molecule has 0 unspecified atom stereocenters. The number of nitrogens with zero attached hydrogens (tertiary/aromatic N) is 5. The SMILES string of the molecule is COCCn1c(=NC(=O)c2snnc2C)sc2cc([N+](=O)[O-])ccc21. The van der Waals surface area contributed by atoms with Gasteiger partial charge in [-0.1, -0.05) is 15.8 Å². The van der Waals surface area contributed by atoms with Crippen LogP contribution in [0.1, 0.15) is 15.4 Å². The van der Waals surface area contributed by atoms with Gasteiger partial charge in [-0.3, -0.25) is 14.9 Å². The topological polar surface area (TPSA) is 113 Å². The average Bonchev–Trinajstić information content (AvgIpc) is 3.15. The van der Waals surface area contributed by atoms with Gasteiger partial charge in [0.2, 0.25) is 0 Å². The minimum Gasteiger partial charge on any atom is -0.383 e. The Morgan fingerprint density at radius 2 is 2.28 bits per heavy atom. The fraction of sp³-hybridized carbons (Fsp3) is 0.286. The van der Waals surface area contributed by atoms with Crippen molar-refractivity contribution in [2.24, 2.45) is 4.99 Å². The van der Waals surface area contributed by atoms with E-state index in [0.29, 0.717) is 33.2 Å². The molecule has 25 heavy (non-hydrogen) atoms. The highest BCUT2D eigenvalue weighted by molar-refractivity contribution is 7.16. The van der Waals surface area contributed by atoms with Crippen molar-refractivity contribution in [2.75, 3.05) is 13.7 Å². The number of benzene rings is 1. The molecule has 11 heteroatoms. The minimum atomic E-state index is -0.451. The van der Waals surface area contributed by atoms with Crippen LogP contribution in [0.25, 0.3) is 10.2 Å². The third-order valence-electron chi connectivity index (χ3n) is 3.44. The highest BCUT2D eigenvalue weighted by Crippen LogP contribution is 2.23. The van der Waals surface area contributed by atoms with Crippen molar-refractivity contribution in [1.82, 2.24) is 14.2 Å². The summed E-state index contributed by atoms with van der Waals surface area (Å²) in [6, 6.07) is 4.57. The number of rotatable bonds is 5. The molecule has 2 aromatic heterocycles. The van der Waals surface area contributed by atoms with Gasteiger partial charge in [-0.25, -0.2) is 0 Å². The normalized spacial score (nSPS) is 12.0. The van der Waals surface area contributed by atoms with Gasteiger partial charge < -0.3 is 9.30 Å². The molecule has 1 amide bonds. The maximum Gasteiger partial charge on any atom is 0.293 e. The minimum absolute atomic E-state index is 0.00646. The number of carbonyl (C=O) groups excluding carboxylic acids is 1. The zero-order valence-corrected chi connectivity index (χ0v) is 15.0. The molecule has 0 fully saturated rings. The first-order valence-corrected chi connectivity index (χ1v) is 8.75. The largest absolute Gasteiger partial charge is 0.383 e. The van der Waals surface area contributed by atoms with Gasteiger partial charge in [-0.15, -0.1) is 5.10 Å². The fourth-order valence-electron chi connectivity index (χ4n) is 2.22. The fourth-order valence-corrected chi connectivity index (χ4v) is 3.85. The number of aromatic nitrogens is 3. The van der Waals surface area contributed by atoms with Crippen molar-refractivity contribution in [3.8, 4) is 0 Å². The van der Waals surface area contributed by atoms with Crippen molar-refractivity contribution < 1.29 is 14.5 Å². The summed E-state index contributed by atoms with van der Waals surface area (Å²) in [5, 5.41) is 14.8. The average molecular weight is 379 g/mol. The van der Waals surface area contributed by atoms with Gasteiger partial charge >= 0.3 is 0 Å². The summed E-state index contributed by atoms with van der Waals surface area (Å²) in [5.41, 5.74) is 1.28. The number of hydrogen-bond acceptors (Lipinski definition) is 8. The van der Waals surface area contributed by atoms with Crippen LogP contribution in [0, 0.1) is 17.0 Å². The first kappa shape index (κ1) is 17.3. The van der Waals surface area contributed by atoms with Crippen molar-refractivity contribution >= 4 is 44.7 Å². The third-order valence-corrected chi connectivity index (χ3v) is 5.30. The molecular formula is C14H13N5O4S2. The molecule has 0 radical (unpaired) electrons. The summed E-state index contributed by atoms with van der Waals surface area (Å²) in [5.74, 6) is -0.431. The molecule has 9 nitrogen and oxygen atoms in total. The van der Waals surface area contributed by atoms with E-state index in [-0.39, 0.29) is 5.69 Å². The number of hydrogen-bond donors (Lipinski definition) is 0. The molecule has 2 heterocycles. The van der Waals surface area contributed by atoms with E-state index >= 15 is 0 Å². The molecule has 0 bridgehead atoms. The van der Waals surface area contributed by atoms with Crippen molar-refractivity contribution in [2.45, 2.75) is 13.5 Å². The number of ether oxygens (including phenoxy) is 1. The van der Waals surface area contributed by atoms with Crippen LogP contribution in [0.5, 0.6) is 0 Å². The van der Waals surface area contributed by atoms with Gasteiger partial charge in [-0.05, 0) is 24.5 Å². The first-order chi connectivity index (χ1) is 12.0. The molecule has 0 atom stereocenters. The Kier molecular flexibility index (Phi) is 4.97. The molecular weight excluding hydrogens is 366 g/mol. The Balaban J connectivity index is 2.15. The van der Waals surface area contributed by atoms with Crippen LogP contribution in [0.2, 0.25) is 0 Å². The Morgan fingerprint density at radius 1 is 1.48 bits per heavy atom. The molecule has 0 aliphatic carbocycles. The summed E-state index contributed by atoms with van der Waals surface area (Å²) in [4.78, 5) is 27.9. The molecule has 0 aliphatic rings. The van der Waals surface area contributed by atoms with Gasteiger partial charge in [0, 0.05) is 25.8 Å². The van der Waals surface area contributed by atoms with Crippen LogP contribution in [-0.2, 0) is 11.3 Å². The van der Waals surface area contributed by atoms with E-state index < -0.39 is 10.8 Å². The number of nitro benzene ring substituents is 1. The second-order valence-electron chi connectivity index (χ2n) is 5.04. The summed E-state index contributed by atoms with van der Waals surface area (Å²) >= 11 is 2.21. The number of aryl methyl sites for hydroxylation is 1. The highest BCUT2D eigenvalue weighted by Gasteiger charge is 2.15. The summed E-state index contributed by atoms with van der Waals surface area (Å²) < 4.78 is 11.3. The van der Waals surface area contributed by atoms with E-state index in [1.165, 1.54) is 23.5 Å². The number of methoxy groups -OCH3 is 1. The van der Waals surface area contributed by atoms with Gasteiger partial charge in [0.15, 0.2) is 4.80 Å². The quantitative estimate of drug-likeness (QED) is 0.496. The predicted molar refractivity (Wildman–Crippen MR) is 92.9 cm³/mol. The van der Waals surface area contributed by atoms with E-state index in [0.717, 1.165) is 17.0 Å². The van der Waals surface area contributed by atoms with Gasteiger partial charge in [0.1, 0.15) is 4.88 Å². The molecule has 1 aromatic carbocycles. The molecule has 0 saturated heterocycles. The van der Waals surface area contributed by atoms with Crippen LogP contribution in [0.15, 0.2) is 23.2 Å². The standard InChI is InChI=1S/C14H13N5O4S2/c1-8-12(25-17-16-8)13(20)15-14-18(5-6-23-2)10-4-3-9(19(21)22)7-11(10)24-14/h3-4,7H,5-6H2,1-2H3. The van der Waals surface area contributed by atoms with E-state index in [2.05, 4.69) is 14.6 Å². The maximum absolute atomic E-state index is 12.4. The van der Waals surface area contributed by atoms with Crippen LogP contribution in [-0.4, -0.2) is 38.7 Å². The maximum atomic E-state index is 12.4. The molecule has 3 rings (SSSR count). The van der Waals surface area contributed by atoms with E-state index in [9.17, 15) is 14.9 Å².